The van der Waals surface area contributed by atoms with Crippen molar-refractivity contribution in [3.63, 3.8) is 0 Å². The lowest BCUT2D eigenvalue weighted by molar-refractivity contribution is 0.0954. The highest BCUT2D eigenvalue weighted by atomic mass is 16.7. The molecular formula is C11H13NO3. The Kier molecular flexibility index (Phi) is 2.27. The Morgan fingerprint density at radius 1 is 1.53 bits per heavy atom. The van der Waals surface area contributed by atoms with E-state index in [2.05, 4.69) is 5.32 Å². The monoisotopic (exact) mass is 208 g/mol. The van der Waals surface area contributed by atoms with Crippen LogP contribution in [0, 0.1) is 0 Å². The fraction of sp³-hybridized carbons (Fsp3) is 0.364. The number of carbonyl (C=O) groups excluding carboxylic acids is 1. The molecule has 15 heavy (non-hydrogen) atoms. The molecule has 2 atom stereocenters. The zero-order valence-corrected chi connectivity index (χ0v) is 8.61. The summed E-state index contributed by atoms with van der Waals surface area (Å²) < 4.78 is 17.4. The van der Waals surface area contributed by atoms with Crippen molar-refractivity contribution in [1.82, 2.24) is 5.32 Å². The molecule has 0 fully saturated rings. The van der Waals surface area contributed by atoms with Crippen LogP contribution in [0.4, 0.5) is 0 Å². The lowest BCUT2D eigenvalue weighted by Gasteiger charge is -2.09. The normalized spacial score (nSPS) is 20.9. The van der Waals surface area contributed by atoms with Crippen molar-refractivity contribution in [2.45, 2.75) is 13.0 Å². The number of hydrogen-bond donors (Lipinski definition) is 1. The van der Waals surface area contributed by atoms with E-state index in [1.165, 1.54) is 0 Å². The minimum Gasteiger partial charge on any atom is -0.454 e. The van der Waals surface area contributed by atoms with Crippen LogP contribution in [0.2, 0.25) is 0 Å². The Hall–Kier alpha value is -1.55. The summed E-state index contributed by atoms with van der Waals surface area (Å²) in [5, 5.41) is 2.88. The fourth-order valence-electron chi connectivity index (χ4n) is 1.36. The number of ether oxygens (including phenoxy) is 2. The molecule has 0 aromatic heterocycles. The molecule has 1 aliphatic heterocycles. The molecule has 4 heteroatoms. The molecule has 0 bridgehead atoms. The predicted octanol–water partition coefficient (Wildman–Crippen LogP) is 1.21. The first-order chi connectivity index (χ1) is 7.61. The van der Waals surface area contributed by atoms with Gasteiger partial charge in [-0.2, -0.15) is 0 Å². The number of ketones is 1. The Labute approximate surface area is 89.6 Å². The van der Waals surface area contributed by atoms with E-state index in [9.17, 15) is 4.79 Å². The van der Waals surface area contributed by atoms with Crippen molar-refractivity contribution in [2.24, 2.45) is 0 Å². The fourth-order valence-corrected chi connectivity index (χ4v) is 1.36. The highest BCUT2D eigenvalue weighted by Gasteiger charge is 2.18. The van der Waals surface area contributed by atoms with Crippen molar-refractivity contribution in [3.8, 4) is 11.5 Å². The van der Waals surface area contributed by atoms with E-state index < -0.39 is 6.77 Å². The molecule has 1 aromatic rings. The van der Waals surface area contributed by atoms with Gasteiger partial charge in [0.15, 0.2) is 17.3 Å². The third-order valence-corrected chi connectivity index (χ3v) is 2.40. The minimum atomic E-state index is -1.03. The number of hydrogen-bond acceptors (Lipinski definition) is 4. The van der Waals surface area contributed by atoms with Crippen LogP contribution in [0.25, 0.3) is 0 Å². The summed E-state index contributed by atoms with van der Waals surface area (Å²) in [6.45, 7) is 0.766. The van der Waals surface area contributed by atoms with Gasteiger partial charge in [-0.15, -0.1) is 0 Å². The van der Waals surface area contributed by atoms with Crippen LogP contribution in [0.5, 0.6) is 11.5 Å². The SMILES string of the molecule is [2H]C1Oc2ccc(C(=O)C(C)NC)cc2O1. The highest BCUT2D eigenvalue weighted by Crippen LogP contribution is 2.32. The topological polar surface area (TPSA) is 47.6 Å². The number of Topliss-reactive ketones (excluding diaryl/α,β-unsaturated/α-hetero) is 1. The van der Waals surface area contributed by atoms with Crippen LogP contribution in [0.1, 0.15) is 18.7 Å². The van der Waals surface area contributed by atoms with Crippen LogP contribution >= 0.6 is 0 Å². The Bertz CT molecular complexity index is 422. The molecule has 1 aliphatic rings. The van der Waals surface area contributed by atoms with Crippen molar-refractivity contribution in [1.29, 1.82) is 0 Å². The van der Waals surface area contributed by atoms with Crippen molar-refractivity contribution >= 4 is 5.78 Å². The second-order valence-electron chi connectivity index (χ2n) is 3.37. The first-order valence-corrected chi connectivity index (χ1v) is 4.73. The van der Waals surface area contributed by atoms with Gasteiger partial charge in [0, 0.05) is 5.56 Å². The number of likely N-dealkylation sites (N-methyl/N-ethyl adjacent to an activating group) is 1. The number of benzene rings is 1. The van der Waals surface area contributed by atoms with Crippen LogP contribution in [0.3, 0.4) is 0 Å². The molecule has 0 aliphatic carbocycles. The van der Waals surface area contributed by atoms with E-state index in [0.717, 1.165) is 0 Å². The Balaban J connectivity index is 2.26. The first-order valence-electron chi connectivity index (χ1n) is 5.30. The average molecular weight is 208 g/mol. The second kappa shape index (κ2) is 3.90. The molecule has 0 spiro atoms. The zero-order chi connectivity index (χ0) is 11.7. The summed E-state index contributed by atoms with van der Waals surface area (Å²) in [6, 6.07) is 4.70. The maximum atomic E-state index is 11.9. The molecule has 80 valence electrons. The lowest BCUT2D eigenvalue weighted by atomic mass is 10.1. The first kappa shape index (κ1) is 8.73. The largest absolute Gasteiger partial charge is 0.454 e. The smallest absolute Gasteiger partial charge is 0.231 e. The molecule has 2 rings (SSSR count). The summed E-state index contributed by atoms with van der Waals surface area (Å²) in [5.41, 5.74) is 0.554. The zero-order valence-electron chi connectivity index (χ0n) is 9.61. The van der Waals surface area contributed by atoms with E-state index in [4.69, 9.17) is 10.8 Å². The molecule has 0 radical (unpaired) electrons. The summed E-state index contributed by atoms with van der Waals surface area (Å²) in [6.07, 6.45) is 0. The number of fused-ring (bicyclic) bond motifs is 1. The average Bonchev–Trinajstić information content (AvgIpc) is 2.65. The van der Waals surface area contributed by atoms with Crippen LogP contribution in [0.15, 0.2) is 18.2 Å². The molecule has 0 saturated heterocycles. The van der Waals surface area contributed by atoms with E-state index in [1.54, 1.807) is 32.2 Å². The highest BCUT2D eigenvalue weighted by molar-refractivity contribution is 6.00. The number of nitrogens with one attached hydrogen (secondary N) is 1. The number of carbonyl (C=O) groups is 1. The molecule has 0 saturated carbocycles. The summed E-state index contributed by atoms with van der Waals surface area (Å²) in [4.78, 5) is 11.9. The molecule has 1 aromatic carbocycles. The molecule has 0 amide bonds. The molecule has 4 nitrogen and oxygen atoms in total. The third kappa shape index (κ3) is 1.80. The van der Waals surface area contributed by atoms with Crippen LogP contribution < -0.4 is 14.8 Å². The van der Waals surface area contributed by atoms with Gasteiger partial charge in [0.05, 0.1) is 6.04 Å². The maximum Gasteiger partial charge on any atom is 0.231 e. The van der Waals surface area contributed by atoms with E-state index in [1.807, 2.05) is 0 Å². The van der Waals surface area contributed by atoms with E-state index in [-0.39, 0.29) is 11.8 Å². The number of rotatable bonds is 3. The third-order valence-electron chi connectivity index (χ3n) is 2.40. The maximum absolute atomic E-state index is 11.9. The Morgan fingerprint density at radius 2 is 2.27 bits per heavy atom. The summed E-state index contributed by atoms with van der Waals surface area (Å²) in [5.74, 6) is 0.949. The molecule has 1 heterocycles. The van der Waals surface area contributed by atoms with Gasteiger partial charge in [-0.25, -0.2) is 0 Å². The second-order valence-corrected chi connectivity index (χ2v) is 3.37. The van der Waals surface area contributed by atoms with Gasteiger partial charge in [0.25, 0.3) is 0 Å². The molecule has 1 N–H and O–H groups in total. The Morgan fingerprint density at radius 3 is 3.00 bits per heavy atom. The molecular weight excluding hydrogens is 194 g/mol. The van der Waals surface area contributed by atoms with Gasteiger partial charge in [-0.05, 0) is 32.2 Å². The van der Waals surface area contributed by atoms with Crippen molar-refractivity contribution in [2.75, 3.05) is 13.8 Å². The van der Waals surface area contributed by atoms with Crippen molar-refractivity contribution < 1.29 is 15.6 Å². The van der Waals surface area contributed by atoms with E-state index >= 15 is 0 Å². The molecule has 2 unspecified atom stereocenters. The van der Waals surface area contributed by atoms with Gasteiger partial charge in [-0.3, -0.25) is 4.79 Å². The van der Waals surface area contributed by atoms with Crippen LogP contribution in [-0.4, -0.2) is 25.6 Å². The van der Waals surface area contributed by atoms with Crippen molar-refractivity contribution in [3.05, 3.63) is 23.8 Å². The lowest BCUT2D eigenvalue weighted by Crippen LogP contribution is -2.30. The van der Waals surface area contributed by atoms with Crippen LogP contribution in [-0.2, 0) is 0 Å². The van der Waals surface area contributed by atoms with Gasteiger partial charge in [0.1, 0.15) is 1.37 Å². The quantitative estimate of drug-likeness (QED) is 0.758. The standard InChI is InChI=1S/C11H13NO3/c1-7(12-2)11(13)8-3-4-9-10(5-8)15-6-14-9/h3-5,7,12H,6H2,1-2H3/i6D. The van der Waals surface area contributed by atoms with Gasteiger partial charge in [-0.1, -0.05) is 0 Å². The summed E-state index contributed by atoms with van der Waals surface area (Å²) >= 11 is 0. The predicted molar refractivity (Wildman–Crippen MR) is 55.4 cm³/mol. The van der Waals surface area contributed by atoms with Gasteiger partial charge in [0.2, 0.25) is 6.77 Å². The minimum absolute atomic E-state index is 0.0117. The van der Waals surface area contributed by atoms with Gasteiger partial charge < -0.3 is 14.8 Å². The van der Waals surface area contributed by atoms with E-state index in [0.29, 0.717) is 17.1 Å². The van der Waals surface area contributed by atoms with Gasteiger partial charge >= 0.3 is 0 Å². The summed E-state index contributed by atoms with van der Waals surface area (Å²) in [7, 11) is 1.73.